The number of benzene rings is 3. The van der Waals surface area contributed by atoms with E-state index >= 15 is 0 Å². The summed E-state index contributed by atoms with van der Waals surface area (Å²) in [6.07, 6.45) is 7.09. The summed E-state index contributed by atoms with van der Waals surface area (Å²) in [5.41, 5.74) is 1.91. The first-order chi connectivity index (χ1) is 17.1. The lowest BCUT2D eigenvalue weighted by Gasteiger charge is -2.37. The SMILES string of the molecule is O=C1[C@@H]2[C@H]3C=C[C@@H]([C@@H]4C[C@@H]34)[C@@H]2C(=O)N1/N=C\c1ccc(OCc2cccc3ccccc23)c(Br)c1. The van der Waals surface area contributed by atoms with Gasteiger partial charge in [0.2, 0.25) is 0 Å². The molecule has 0 unspecified atom stereocenters. The topological polar surface area (TPSA) is 59.0 Å². The van der Waals surface area contributed by atoms with Crippen LogP contribution in [-0.4, -0.2) is 23.0 Å². The fourth-order valence-electron chi connectivity index (χ4n) is 6.47. The van der Waals surface area contributed by atoms with Crippen molar-refractivity contribution in [1.29, 1.82) is 0 Å². The van der Waals surface area contributed by atoms with Gasteiger partial charge in [-0.1, -0.05) is 54.6 Å². The number of carbonyl (C=O) groups excluding carboxylic acids is 2. The average Bonchev–Trinajstić information content (AvgIpc) is 3.66. The van der Waals surface area contributed by atoms with Crippen molar-refractivity contribution in [2.24, 2.45) is 40.6 Å². The molecular weight excluding hydrogens is 504 g/mol. The van der Waals surface area contributed by atoms with E-state index in [1.165, 1.54) is 10.8 Å². The van der Waals surface area contributed by atoms with Crippen LogP contribution in [0.1, 0.15) is 17.5 Å². The molecule has 2 amide bonds. The number of allylic oxidation sites excluding steroid dienone is 2. The molecule has 5 aliphatic rings. The van der Waals surface area contributed by atoms with Crippen molar-refractivity contribution in [3.05, 3.63) is 88.4 Å². The number of carbonyl (C=O) groups is 2. The van der Waals surface area contributed by atoms with Gasteiger partial charge in [0.15, 0.2) is 0 Å². The highest BCUT2D eigenvalue weighted by atomic mass is 79.9. The number of imide groups is 1. The van der Waals surface area contributed by atoms with Gasteiger partial charge in [0.1, 0.15) is 12.4 Å². The number of rotatable bonds is 5. The van der Waals surface area contributed by atoms with Crippen molar-refractivity contribution in [2.45, 2.75) is 13.0 Å². The van der Waals surface area contributed by atoms with Crippen LogP contribution in [0.5, 0.6) is 5.75 Å². The number of hydrogen-bond acceptors (Lipinski definition) is 4. The maximum absolute atomic E-state index is 13.1. The Kier molecular flexibility index (Phi) is 4.75. The van der Waals surface area contributed by atoms with Gasteiger partial charge >= 0.3 is 0 Å². The zero-order valence-corrected chi connectivity index (χ0v) is 20.5. The molecule has 0 N–H and O–H groups in total. The molecule has 0 spiro atoms. The Morgan fingerprint density at radius 3 is 2.40 bits per heavy atom. The van der Waals surface area contributed by atoms with Crippen molar-refractivity contribution in [3.63, 3.8) is 0 Å². The Labute approximate surface area is 211 Å². The Bertz CT molecular complexity index is 1410. The minimum absolute atomic E-state index is 0.143. The molecule has 1 saturated heterocycles. The van der Waals surface area contributed by atoms with Gasteiger partial charge < -0.3 is 4.74 Å². The van der Waals surface area contributed by atoms with Gasteiger partial charge in [0, 0.05) is 0 Å². The highest BCUT2D eigenvalue weighted by Gasteiger charge is 2.67. The molecule has 2 bridgehead atoms. The van der Waals surface area contributed by atoms with Crippen molar-refractivity contribution < 1.29 is 14.3 Å². The van der Waals surface area contributed by atoms with Crippen molar-refractivity contribution in [1.82, 2.24) is 5.01 Å². The van der Waals surface area contributed by atoms with Crippen LogP contribution in [0.2, 0.25) is 0 Å². The quantitative estimate of drug-likeness (QED) is 0.248. The highest BCUT2D eigenvalue weighted by Crippen LogP contribution is 2.65. The van der Waals surface area contributed by atoms with E-state index in [2.05, 4.69) is 57.4 Å². The molecule has 1 aliphatic heterocycles. The Hall–Kier alpha value is -3.25. The summed E-state index contributed by atoms with van der Waals surface area (Å²) in [5.74, 6) is 1.57. The van der Waals surface area contributed by atoms with E-state index in [1.807, 2.05) is 36.4 Å². The van der Waals surface area contributed by atoms with Crippen LogP contribution in [-0.2, 0) is 16.2 Å². The second-order valence-corrected chi connectivity index (χ2v) is 10.9. The first-order valence-electron chi connectivity index (χ1n) is 12.1. The maximum Gasteiger partial charge on any atom is 0.254 e. The third kappa shape index (κ3) is 3.30. The summed E-state index contributed by atoms with van der Waals surface area (Å²) in [7, 11) is 0. The molecular formula is C29H23BrN2O3. The summed E-state index contributed by atoms with van der Waals surface area (Å²) >= 11 is 3.59. The first-order valence-corrected chi connectivity index (χ1v) is 12.9. The number of amides is 2. The number of fused-ring (bicyclic) bond motifs is 1. The molecule has 3 aromatic rings. The molecule has 0 aromatic heterocycles. The number of halogens is 1. The highest BCUT2D eigenvalue weighted by molar-refractivity contribution is 9.10. The van der Waals surface area contributed by atoms with E-state index in [0.29, 0.717) is 18.4 Å². The Balaban J connectivity index is 1.06. The molecule has 3 aromatic carbocycles. The maximum atomic E-state index is 13.1. The van der Waals surface area contributed by atoms with Gasteiger partial charge in [-0.3, -0.25) is 9.59 Å². The largest absolute Gasteiger partial charge is 0.488 e. The summed E-state index contributed by atoms with van der Waals surface area (Å²) < 4.78 is 6.88. The molecule has 1 heterocycles. The zero-order chi connectivity index (χ0) is 23.7. The van der Waals surface area contributed by atoms with Gasteiger partial charge in [-0.05, 0) is 86.1 Å². The minimum atomic E-state index is -0.227. The molecule has 0 radical (unpaired) electrons. The van der Waals surface area contributed by atoms with Crippen LogP contribution >= 0.6 is 15.9 Å². The summed E-state index contributed by atoms with van der Waals surface area (Å²) in [5, 5.41) is 7.81. The normalized spacial score (nSPS) is 30.3. The molecule has 35 heavy (non-hydrogen) atoms. The van der Waals surface area contributed by atoms with Crippen molar-refractivity contribution >= 4 is 44.7 Å². The lowest BCUT2D eigenvalue weighted by atomic mass is 9.63. The zero-order valence-electron chi connectivity index (χ0n) is 18.9. The monoisotopic (exact) mass is 526 g/mol. The van der Waals surface area contributed by atoms with Crippen molar-refractivity contribution in [3.8, 4) is 5.75 Å². The van der Waals surface area contributed by atoms with Gasteiger partial charge in [0.25, 0.3) is 11.8 Å². The Morgan fingerprint density at radius 1 is 0.943 bits per heavy atom. The molecule has 6 heteroatoms. The fourth-order valence-corrected chi connectivity index (χ4v) is 6.98. The second kappa shape index (κ2) is 7.89. The van der Waals surface area contributed by atoms with Gasteiger partial charge in [0.05, 0.1) is 22.5 Å². The smallest absolute Gasteiger partial charge is 0.254 e. The lowest BCUT2D eigenvalue weighted by Crippen LogP contribution is -2.40. The van der Waals surface area contributed by atoms with Crippen LogP contribution in [0.15, 0.2) is 82.4 Å². The first kappa shape index (κ1) is 21.1. The van der Waals surface area contributed by atoms with E-state index < -0.39 is 0 Å². The van der Waals surface area contributed by atoms with Gasteiger partial charge in [-0.25, -0.2) is 0 Å². The second-order valence-electron chi connectivity index (χ2n) is 10.0. The predicted octanol–water partition coefficient (Wildman–Crippen LogP) is 5.57. The number of hydrazone groups is 1. The van der Waals surface area contributed by atoms with Crippen LogP contribution < -0.4 is 4.74 Å². The average molecular weight is 527 g/mol. The van der Waals surface area contributed by atoms with E-state index in [9.17, 15) is 9.59 Å². The number of ether oxygens (including phenoxy) is 1. The molecule has 174 valence electrons. The van der Waals surface area contributed by atoms with Crippen LogP contribution in [0.3, 0.4) is 0 Å². The van der Waals surface area contributed by atoms with E-state index in [-0.39, 0.29) is 35.5 Å². The van der Waals surface area contributed by atoms with Crippen LogP contribution in [0.25, 0.3) is 10.8 Å². The molecule has 6 atom stereocenters. The van der Waals surface area contributed by atoms with E-state index in [1.54, 1.807) is 6.21 Å². The Morgan fingerprint density at radius 2 is 1.66 bits per heavy atom. The number of hydrogen-bond donors (Lipinski definition) is 0. The fraction of sp³-hybridized carbons (Fsp3) is 0.276. The van der Waals surface area contributed by atoms with E-state index in [0.717, 1.165) is 32.8 Å². The number of nitrogens with zero attached hydrogens (tertiary/aromatic N) is 2. The third-order valence-electron chi connectivity index (χ3n) is 8.18. The standard InChI is InChI=1S/C29H23BrN2O3/c30-24-12-16(8-11-25(24)35-15-18-6-3-5-17-4-1-2-7-19(17)18)14-31-32-28(33)26-20-9-10-21(23-13-22(20)23)27(26)29(32)34/h1-12,14,20-23,26-27H,13,15H2/b31-14-/t20-,21-,22-,23-,26-,27+/m0/s1. The van der Waals surface area contributed by atoms with Gasteiger partial charge in [-0.2, -0.15) is 10.1 Å². The summed E-state index contributed by atoms with van der Waals surface area (Å²) in [6.45, 7) is 0.450. The molecule has 4 aliphatic carbocycles. The van der Waals surface area contributed by atoms with Crippen molar-refractivity contribution in [2.75, 3.05) is 0 Å². The van der Waals surface area contributed by atoms with E-state index in [4.69, 9.17) is 4.74 Å². The predicted molar refractivity (Wildman–Crippen MR) is 137 cm³/mol. The van der Waals surface area contributed by atoms with Crippen LogP contribution in [0.4, 0.5) is 0 Å². The lowest BCUT2D eigenvalue weighted by molar-refractivity contribution is -0.140. The minimum Gasteiger partial charge on any atom is -0.488 e. The summed E-state index contributed by atoms with van der Waals surface area (Å²) in [6, 6.07) is 20.1. The third-order valence-corrected chi connectivity index (χ3v) is 8.80. The molecule has 5 nitrogen and oxygen atoms in total. The van der Waals surface area contributed by atoms with Crippen LogP contribution in [0, 0.1) is 35.5 Å². The van der Waals surface area contributed by atoms with Gasteiger partial charge in [-0.15, -0.1) is 0 Å². The molecule has 3 fully saturated rings. The molecule has 2 saturated carbocycles. The summed E-state index contributed by atoms with van der Waals surface area (Å²) in [4.78, 5) is 26.2. The molecule has 8 rings (SSSR count).